The highest BCUT2D eigenvalue weighted by Crippen LogP contribution is 2.31. The molecule has 1 aliphatic rings. The summed E-state index contributed by atoms with van der Waals surface area (Å²) >= 11 is 1.63. The maximum atomic E-state index is 11.7. The second-order valence-corrected chi connectivity index (χ2v) is 7.07. The molecule has 3 rings (SSSR count). The van der Waals surface area contributed by atoms with Crippen LogP contribution in [-0.4, -0.2) is 35.1 Å². The highest BCUT2D eigenvalue weighted by molar-refractivity contribution is 8.08. The molecule has 0 aromatic carbocycles. The molecule has 0 amide bonds. The number of thioether (sulfide) groups is 1. The monoisotopic (exact) mass is 301 g/mol. The first-order valence-electron chi connectivity index (χ1n) is 5.49. The predicted octanol–water partition coefficient (Wildman–Crippen LogP) is 1.65. The number of anilines is 1. The van der Waals surface area contributed by atoms with Crippen LogP contribution in [0.1, 0.15) is 0 Å². The Labute approximate surface area is 113 Å². The van der Waals surface area contributed by atoms with E-state index in [0.29, 0.717) is 11.8 Å². The van der Waals surface area contributed by atoms with Crippen LogP contribution in [0.25, 0.3) is 0 Å². The van der Waals surface area contributed by atoms with Gasteiger partial charge in [0.15, 0.2) is 0 Å². The molecule has 2 aromatic rings. The predicted molar refractivity (Wildman–Crippen MR) is 71.0 cm³/mol. The Bertz CT molecular complexity index is 646. The van der Waals surface area contributed by atoms with Crippen LogP contribution in [0.4, 0.5) is 5.95 Å². The Morgan fingerprint density at radius 3 is 3.16 bits per heavy atom. The van der Waals surface area contributed by atoms with Crippen LogP contribution in [0.5, 0.6) is 11.8 Å². The average Bonchev–Trinajstić information content (AvgIpc) is 2.83. The molecule has 7 nitrogen and oxygen atoms in total. The van der Waals surface area contributed by atoms with E-state index in [0.717, 1.165) is 5.75 Å². The Morgan fingerprint density at radius 1 is 1.63 bits per heavy atom. The van der Waals surface area contributed by atoms with Gasteiger partial charge in [0.05, 0.1) is 18.2 Å². The Hall–Kier alpha value is -1.61. The molecule has 1 unspecified atom stereocenters. The molecule has 0 bridgehead atoms. The van der Waals surface area contributed by atoms with Gasteiger partial charge in [0.2, 0.25) is 21.9 Å². The second kappa shape index (κ2) is 4.82. The van der Waals surface area contributed by atoms with Crippen LogP contribution >= 0.6 is 11.8 Å². The van der Waals surface area contributed by atoms with Gasteiger partial charge in [-0.1, -0.05) is 0 Å². The van der Waals surface area contributed by atoms with Crippen molar-refractivity contribution in [3.05, 3.63) is 24.6 Å². The van der Waals surface area contributed by atoms with Crippen molar-refractivity contribution in [2.75, 3.05) is 16.2 Å². The molecule has 2 aromatic heterocycles. The molecule has 0 radical (unpaired) electrons. The van der Waals surface area contributed by atoms with Gasteiger partial charge in [-0.15, -0.1) is 0 Å². The van der Waals surface area contributed by atoms with Gasteiger partial charge in [-0.3, -0.25) is 9.71 Å². The van der Waals surface area contributed by atoms with Crippen molar-refractivity contribution in [2.45, 2.75) is 5.25 Å². The molecule has 1 atom stereocenters. The third-order valence-electron chi connectivity index (χ3n) is 2.32. The van der Waals surface area contributed by atoms with Crippen molar-refractivity contribution in [1.82, 2.24) is 9.97 Å². The summed E-state index contributed by atoms with van der Waals surface area (Å²) in [7, 11) is -3.36. The summed E-state index contributed by atoms with van der Waals surface area (Å²) in [6, 6.07) is 3.32. The Morgan fingerprint density at radius 2 is 2.47 bits per heavy atom. The summed E-state index contributed by atoms with van der Waals surface area (Å²) in [6.07, 6.45) is 2.86. The Kier molecular flexibility index (Phi) is 3.15. The molecule has 2 N–H and O–H groups in total. The molecule has 9 heteroatoms. The van der Waals surface area contributed by atoms with Crippen LogP contribution in [0, 0.1) is 0 Å². The van der Waals surface area contributed by atoms with Gasteiger partial charge >= 0.3 is 0 Å². The summed E-state index contributed by atoms with van der Waals surface area (Å²) in [4.78, 5) is 6.60. The SMILES string of the molecule is O=S(=O)(CC1CS1)Nc1ncc(Oc2ccco2)[nH]1. The van der Waals surface area contributed by atoms with Crippen molar-refractivity contribution >= 4 is 27.7 Å². The zero-order valence-corrected chi connectivity index (χ0v) is 11.3. The van der Waals surface area contributed by atoms with Crippen LogP contribution in [0.2, 0.25) is 0 Å². The highest BCUT2D eigenvalue weighted by atomic mass is 32.2. The molecule has 1 saturated heterocycles. The molecule has 1 fully saturated rings. The van der Waals surface area contributed by atoms with E-state index < -0.39 is 10.0 Å². The molecular formula is C10H11N3O4S2. The van der Waals surface area contributed by atoms with Gasteiger partial charge < -0.3 is 9.15 Å². The third-order valence-corrected chi connectivity index (χ3v) is 4.85. The number of sulfonamides is 1. The van der Waals surface area contributed by atoms with E-state index in [1.54, 1.807) is 23.9 Å². The molecule has 0 saturated carbocycles. The zero-order valence-electron chi connectivity index (χ0n) is 9.70. The third kappa shape index (κ3) is 3.44. The number of nitrogens with one attached hydrogen (secondary N) is 2. The lowest BCUT2D eigenvalue weighted by Gasteiger charge is -2.03. The first-order chi connectivity index (χ1) is 9.11. The summed E-state index contributed by atoms with van der Waals surface area (Å²) in [5, 5.41) is 0.200. The lowest BCUT2D eigenvalue weighted by Crippen LogP contribution is -2.20. The first-order valence-corrected chi connectivity index (χ1v) is 8.19. The van der Waals surface area contributed by atoms with Gasteiger partial charge in [-0.2, -0.15) is 11.8 Å². The minimum atomic E-state index is -3.36. The molecule has 19 heavy (non-hydrogen) atoms. The zero-order chi connectivity index (χ0) is 13.3. The molecule has 0 spiro atoms. The van der Waals surface area contributed by atoms with Crippen molar-refractivity contribution in [1.29, 1.82) is 0 Å². The summed E-state index contributed by atoms with van der Waals surface area (Å²) < 4.78 is 36.1. The fraction of sp³-hybridized carbons (Fsp3) is 0.300. The van der Waals surface area contributed by atoms with Crippen molar-refractivity contribution in [2.24, 2.45) is 0 Å². The van der Waals surface area contributed by atoms with E-state index in [1.807, 2.05) is 0 Å². The smallest absolute Gasteiger partial charge is 0.291 e. The maximum absolute atomic E-state index is 11.7. The number of hydrogen-bond donors (Lipinski definition) is 2. The van der Waals surface area contributed by atoms with Crippen molar-refractivity contribution < 1.29 is 17.6 Å². The standard InChI is InChI=1S/C10H11N3O4S2/c14-19(15,6-7-5-18-7)13-10-11-4-8(12-10)17-9-2-1-3-16-9/h1-4,7H,5-6H2,(H2,11,12,13). The van der Waals surface area contributed by atoms with Gasteiger partial charge in [-0.25, -0.2) is 13.4 Å². The molecular weight excluding hydrogens is 290 g/mol. The number of ether oxygens (including phenoxy) is 1. The number of H-pyrrole nitrogens is 1. The molecule has 102 valence electrons. The second-order valence-electron chi connectivity index (χ2n) is 3.97. The fourth-order valence-electron chi connectivity index (χ4n) is 1.44. The first kappa shape index (κ1) is 12.4. The number of rotatable bonds is 6. The van der Waals surface area contributed by atoms with Gasteiger partial charge in [0.1, 0.15) is 0 Å². The molecule has 1 aliphatic heterocycles. The van der Waals surface area contributed by atoms with Gasteiger partial charge in [0.25, 0.3) is 5.95 Å². The number of aromatic nitrogens is 2. The van der Waals surface area contributed by atoms with Crippen molar-refractivity contribution in [3.8, 4) is 11.8 Å². The van der Waals surface area contributed by atoms with E-state index >= 15 is 0 Å². The van der Waals surface area contributed by atoms with Gasteiger partial charge in [0, 0.05) is 17.1 Å². The van der Waals surface area contributed by atoms with Crippen LogP contribution < -0.4 is 9.46 Å². The van der Waals surface area contributed by atoms with Crippen molar-refractivity contribution in [3.63, 3.8) is 0 Å². The Balaban J connectivity index is 1.64. The quantitative estimate of drug-likeness (QED) is 0.787. The summed E-state index contributed by atoms with van der Waals surface area (Å²) in [6.45, 7) is 0. The number of imidazole rings is 1. The highest BCUT2D eigenvalue weighted by Gasteiger charge is 2.29. The normalized spacial score (nSPS) is 18.2. The number of nitrogens with zero attached hydrogens (tertiary/aromatic N) is 1. The fourth-order valence-corrected chi connectivity index (χ4v) is 3.85. The minimum absolute atomic E-state index is 0.104. The average molecular weight is 301 g/mol. The van der Waals surface area contributed by atoms with E-state index in [9.17, 15) is 8.42 Å². The summed E-state index contributed by atoms with van der Waals surface area (Å²) in [5.41, 5.74) is 0. The van der Waals surface area contributed by atoms with E-state index in [4.69, 9.17) is 9.15 Å². The van der Waals surface area contributed by atoms with E-state index in [-0.39, 0.29) is 17.0 Å². The lowest BCUT2D eigenvalue weighted by molar-refractivity contribution is 0.338. The molecule has 3 heterocycles. The minimum Gasteiger partial charge on any atom is -0.434 e. The van der Waals surface area contributed by atoms with Crippen LogP contribution in [0.3, 0.4) is 0 Å². The maximum Gasteiger partial charge on any atom is 0.291 e. The lowest BCUT2D eigenvalue weighted by atomic mass is 10.6. The molecule has 0 aliphatic carbocycles. The number of furan rings is 1. The van der Waals surface area contributed by atoms with Crippen LogP contribution in [-0.2, 0) is 10.0 Å². The summed E-state index contributed by atoms with van der Waals surface area (Å²) in [5.74, 6) is 1.73. The topological polar surface area (TPSA) is 97.2 Å². The van der Waals surface area contributed by atoms with Crippen LogP contribution in [0.15, 0.2) is 29.0 Å². The van der Waals surface area contributed by atoms with E-state index in [1.165, 1.54) is 12.5 Å². The van der Waals surface area contributed by atoms with E-state index in [2.05, 4.69) is 14.7 Å². The number of aromatic amines is 1. The van der Waals surface area contributed by atoms with Gasteiger partial charge in [-0.05, 0) is 6.07 Å². The largest absolute Gasteiger partial charge is 0.434 e. The number of hydrogen-bond acceptors (Lipinski definition) is 6.